The van der Waals surface area contributed by atoms with Gasteiger partial charge in [-0.1, -0.05) is 152 Å². The number of phosphoric ester groups is 1. The molecule has 0 radical (unpaired) electrons. The number of aliphatic hydroxyl groups is 2. The molecule has 0 saturated heterocycles. The van der Waals surface area contributed by atoms with Gasteiger partial charge < -0.3 is 24.6 Å². The maximum Gasteiger partial charge on any atom is 0.472 e. The molecule has 0 amide bonds. The molecule has 0 fully saturated rings. The highest BCUT2D eigenvalue weighted by Gasteiger charge is 2.26. The molecule has 9 nitrogen and oxygen atoms in total. The summed E-state index contributed by atoms with van der Waals surface area (Å²) >= 11 is 0. The van der Waals surface area contributed by atoms with Gasteiger partial charge in [0.25, 0.3) is 0 Å². The van der Waals surface area contributed by atoms with Crippen molar-refractivity contribution in [2.24, 2.45) is 0 Å². The van der Waals surface area contributed by atoms with Crippen LogP contribution in [0.5, 0.6) is 0 Å². The minimum atomic E-state index is -4.53. The van der Waals surface area contributed by atoms with Crippen molar-refractivity contribution in [2.45, 2.75) is 187 Å². The third-order valence-electron chi connectivity index (χ3n) is 8.94. The molecule has 0 saturated carbocycles. The number of carbonyl (C=O) groups is 1. The van der Waals surface area contributed by atoms with Crippen molar-refractivity contribution in [3.63, 3.8) is 0 Å². The van der Waals surface area contributed by atoms with Crippen molar-refractivity contribution in [2.75, 3.05) is 33.0 Å². The van der Waals surface area contributed by atoms with Crippen LogP contribution in [0.15, 0.2) is 60.8 Å². The summed E-state index contributed by atoms with van der Waals surface area (Å²) in [5, 5.41) is 18.3. The summed E-state index contributed by atoms with van der Waals surface area (Å²) in [7, 11) is -4.53. The van der Waals surface area contributed by atoms with Crippen LogP contribution in [-0.2, 0) is 27.9 Å². The first kappa shape index (κ1) is 53.2. The predicted octanol–water partition coefficient (Wildman–Crippen LogP) is 12.0. The molecule has 0 rings (SSSR count). The van der Waals surface area contributed by atoms with Gasteiger partial charge in [0.05, 0.1) is 26.4 Å². The second-order valence-electron chi connectivity index (χ2n) is 14.3. The number of ether oxygens (including phenoxy) is 2. The topological polar surface area (TPSA) is 132 Å². The zero-order valence-corrected chi connectivity index (χ0v) is 35.8. The Morgan fingerprint density at radius 3 is 1.56 bits per heavy atom. The molecular formula is C45H81O9P. The average molecular weight is 797 g/mol. The van der Waals surface area contributed by atoms with Gasteiger partial charge in [-0.25, -0.2) is 4.57 Å². The van der Waals surface area contributed by atoms with Crippen LogP contribution in [0.2, 0.25) is 0 Å². The summed E-state index contributed by atoms with van der Waals surface area (Å²) in [4.78, 5) is 22.6. The fourth-order valence-corrected chi connectivity index (χ4v) is 6.42. The van der Waals surface area contributed by atoms with E-state index < -0.39 is 39.2 Å². The van der Waals surface area contributed by atoms with Gasteiger partial charge >= 0.3 is 13.8 Å². The molecule has 320 valence electrons. The quantitative estimate of drug-likeness (QED) is 0.0239. The fraction of sp³-hybridized carbons (Fsp3) is 0.756. The first-order chi connectivity index (χ1) is 26.8. The van der Waals surface area contributed by atoms with E-state index in [-0.39, 0.29) is 19.6 Å². The summed E-state index contributed by atoms with van der Waals surface area (Å²) in [6.45, 7) is 3.35. The largest absolute Gasteiger partial charge is 0.472 e. The molecule has 0 aliphatic rings. The average Bonchev–Trinajstić information content (AvgIpc) is 3.18. The van der Waals surface area contributed by atoms with Crippen LogP contribution in [0.3, 0.4) is 0 Å². The minimum Gasteiger partial charge on any atom is -0.457 e. The van der Waals surface area contributed by atoms with Gasteiger partial charge in [0.15, 0.2) is 0 Å². The van der Waals surface area contributed by atoms with Crippen molar-refractivity contribution in [3.8, 4) is 0 Å². The lowest BCUT2D eigenvalue weighted by Crippen LogP contribution is -2.29. The van der Waals surface area contributed by atoms with Crippen LogP contribution in [0.1, 0.15) is 174 Å². The maximum atomic E-state index is 12.6. The van der Waals surface area contributed by atoms with Crippen LogP contribution >= 0.6 is 7.82 Å². The highest BCUT2D eigenvalue weighted by Crippen LogP contribution is 2.43. The van der Waals surface area contributed by atoms with Gasteiger partial charge in [-0.2, -0.15) is 0 Å². The van der Waals surface area contributed by atoms with Gasteiger partial charge in [0.1, 0.15) is 12.2 Å². The number of hydrogen-bond donors (Lipinski definition) is 3. The Balaban J connectivity index is 4.20. The second kappa shape index (κ2) is 41.8. The number of rotatable bonds is 41. The molecule has 0 spiro atoms. The van der Waals surface area contributed by atoms with Crippen LogP contribution in [-0.4, -0.2) is 66.3 Å². The van der Waals surface area contributed by atoms with Gasteiger partial charge in [-0.05, 0) is 77.0 Å². The molecular weight excluding hydrogens is 715 g/mol. The van der Waals surface area contributed by atoms with Crippen molar-refractivity contribution < 1.29 is 43.0 Å². The summed E-state index contributed by atoms with van der Waals surface area (Å²) in [6, 6.07) is 0. The number of unbranched alkanes of at least 4 members (excludes halogenated alkanes) is 17. The maximum absolute atomic E-state index is 12.6. The lowest BCUT2D eigenvalue weighted by atomic mass is 10.1. The van der Waals surface area contributed by atoms with Crippen LogP contribution < -0.4 is 0 Å². The monoisotopic (exact) mass is 797 g/mol. The lowest BCUT2D eigenvalue weighted by Gasteiger charge is -2.20. The van der Waals surface area contributed by atoms with E-state index in [0.29, 0.717) is 13.0 Å². The number of aliphatic hydroxyl groups excluding tert-OH is 2. The summed E-state index contributed by atoms with van der Waals surface area (Å²) in [5.41, 5.74) is 0. The predicted molar refractivity (Wildman–Crippen MR) is 228 cm³/mol. The zero-order chi connectivity index (χ0) is 40.3. The SMILES string of the molecule is CC/C=C\C/C=C\C/C=C\CCCCCCCC(=O)OC(COCCCCCCCCCC/C=C\C/C=C\CCCCCC)COP(=O)(O)OCC(O)CO. The highest BCUT2D eigenvalue weighted by molar-refractivity contribution is 7.47. The molecule has 0 aliphatic carbocycles. The molecule has 3 unspecified atom stereocenters. The number of esters is 1. The van der Waals surface area contributed by atoms with E-state index in [0.717, 1.165) is 83.5 Å². The summed E-state index contributed by atoms with van der Waals surface area (Å²) < 4.78 is 33.3. The van der Waals surface area contributed by atoms with Crippen molar-refractivity contribution in [1.29, 1.82) is 0 Å². The summed E-state index contributed by atoms with van der Waals surface area (Å²) in [5.74, 6) is -0.403. The van der Waals surface area contributed by atoms with Gasteiger partial charge in [0.2, 0.25) is 0 Å². The van der Waals surface area contributed by atoms with E-state index in [1.807, 2.05) is 0 Å². The fourth-order valence-electron chi connectivity index (χ4n) is 5.63. The smallest absolute Gasteiger partial charge is 0.457 e. The Morgan fingerprint density at radius 1 is 0.582 bits per heavy atom. The second-order valence-corrected chi connectivity index (χ2v) is 15.8. The van der Waals surface area contributed by atoms with Crippen LogP contribution in [0.25, 0.3) is 0 Å². The Morgan fingerprint density at radius 2 is 1.04 bits per heavy atom. The van der Waals surface area contributed by atoms with Crippen molar-refractivity contribution in [3.05, 3.63) is 60.8 Å². The van der Waals surface area contributed by atoms with E-state index in [1.165, 1.54) is 64.2 Å². The van der Waals surface area contributed by atoms with Crippen molar-refractivity contribution in [1.82, 2.24) is 0 Å². The Labute approximate surface area is 336 Å². The molecule has 55 heavy (non-hydrogen) atoms. The van der Waals surface area contributed by atoms with Crippen molar-refractivity contribution >= 4 is 13.8 Å². The summed E-state index contributed by atoms with van der Waals surface area (Å²) in [6.07, 6.45) is 47.5. The zero-order valence-electron chi connectivity index (χ0n) is 34.9. The molecule has 10 heteroatoms. The molecule has 0 bridgehead atoms. The standard InChI is InChI=1S/C45H81O9P/c1-3-5-7-9-11-13-15-17-19-20-21-22-24-26-28-30-32-34-36-38-51-41-44(42-53-55(49,50)52-40-43(47)39-46)54-45(48)37-35-33-31-29-27-25-23-18-16-14-12-10-8-6-4-2/h6,8,12-15,18-20,23,43-44,46-47H,3-5,7,9-11,16-17,21-22,24-42H2,1-2H3,(H,49,50)/b8-6-,14-12-,15-13-,20-19-,23-18-. The normalized spacial score (nSPS) is 14.6. The van der Waals surface area contributed by atoms with Gasteiger partial charge in [-0.3, -0.25) is 13.8 Å². The van der Waals surface area contributed by atoms with E-state index >= 15 is 0 Å². The number of phosphoric acid groups is 1. The lowest BCUT2D eigenvalue weighted by molar-refractivity contribution is -0.154. The first-order valence-corrected chi connectivity index (χ1v) is 23.3. The minimum absolute atomic E-state index is 0.0357. The molecule has 0 aromatic rings. The number of allylic oxidation sites excluding steroid dienone is 10. The third-order valence-corrected chi connectivity index (χ3v) is 9.89. The van der Waals surface area contributed by atoms with Crippen LogP contribution in [0.4, 0.5) is 0 Å². The Bertz CT molecular complexity index is 1040. The molecule has 0 aromatic carbocycles. The van der Waals surface area contributed by atoms with Gasteiger partial charge in [0, 0.05) is 13.0 Å². The first-order valence-electron chi connectivity index (χ1n) is 21.8. The van der Waals surface area contributed by atoms with E-state index in [1.54, 1.807) is 0 Å². The molecule has 0 aromatic heterocycles. The molecule has 0 heterocycles. The molecule has 3 atom stereocenters. The molecule has 0 aliphatic heterocycles. The highest BCUT2D eigenvalue weighted by atomic mass is 31.2. The van der Waals surface area contributed by atoms with Crippen LogP contribution in [0, 0.1) is 0 Å². The Hall–Kier alpha value is -1.84. The van der Waals surface area contributed by atoms with E-state index in [4.69, 9.17) is 23.6 Å². The third kappa shape index (κ3) is 41.6. The number of carbonyl (C=O) groups excluding carboxylic acids is 1. The van der Waals surface area contributed by atoms with E-state index in [2.05, 4.69) is 74.6 Å². The van der Waals surface area contributed by atoms with E-state index in [9.17, 15) is 19.4 Å². The molecule has 3 N–H and O–H groups in total. The number of hydrogen-bond acceptors (Lipinski definition) is 8. The van der Waals surface area contributed by atoms with Gasteiger partial charge in [-0.15, -0.1) is 0 Å². The Kier molecular flexibility index (Phi) is 40.4.